The SMILES string of the molecule is Cc1ccc(S(=O)(=O)N(CC(=O)N(Cc2cccc(Br)c2)C(C)C(=O)NCC(C)C)c2cccc(C)c2C)cc1. The molecular weight excluding hydrogens is 590 g/mol. The number of nitrogens with zero attached hydrogens (tertiary/aromatic N) is 2. The summed E-state index contributed by atoms with van der Waals surface area (Å²) < 4.78 is 30.0. The van der Waals surface area contributed by atoms with Crippen LogP contribution in [0.3, 0.4) is 0 Å². The summed E-state index contributed by atoms with van der Waals surface area (Å²) in [5.41, 5.74) is 3.82. The van der Waals surface area contributed by atoms with Crippen LogP contribution in [0.25, 0.3) is 0 Å². The van der Waals surface area contributed by atoms with Crippen LogP contribution >= 0.6 is 15.9 Å². The first-order valence-electron chi connectivity index (χ1n) is 13.3. The van der Waals surface area contributed by atoms with Crippen molar-refractivity contribution in [1.82, 2.24) is 10.2 Å². The van der Waals surface area contributed by atoms with E-state index in [4.69, 9.17) is 0 Å². The Kier molecular flexibility index (Phi) is 10.6. The van der Waals surface area contributed by atoms with Crippen LogP contribution < -0.4 is 9.62 Å². The highest BCUT2D eigenvalue weighted by molar-refractivity contribution is 9.10. The van der Waals surface area contributed by atoms with Crippen LogP contribution in [0, 0.1) is 26.7 Å². The number of hydrogen-bond donors (Lipinski definition) is 1. The number of rotatable bonds is 11. The molecule has 1 atom stereocenters. The smallest absolute Gasteiger partial charge is 0.264 e. The molecule has 9 heteroatoms. The van der Waals surface area contributed by atoms with Crippen LogP contribution in [0.1, 0.15) is 43.0 Å². The highest BCUT2D eigenvalue weighted by atomic mass is 79.9. The Labute approximate surface area is 246 Å². The Hall–Kier alpha value is -3.17. The van der Waals surface area contributed by atoms with Gasteiger partial charge in [0.15, 0.2) is 0 Å². The van der Waals surface area contributed by atoms with Crippen LogP contribution in [0.5, 0.6) is 0 Å². The van der Waals surface area contributed by atoms with E-state index >= 15 is 0 Å². The molecule has 0 fully saturated rings. The standard InChI is InChI=1S/C31H38BrN3O4S/c1-21(2)18-33-31(37)25(6)34(19-26-10-8-11-27(32)17-26)30(36)20-35(29-12-7-9-23(4)24(29)5)40(38,39)28-15-13-22(3)14-16-28/h7-17,21,25H,18-20H2,1-6H3,(H,33,37). The number of hydrogen-bond acceptors (Lipinski definition) is 4. The number of carbonyl (C=O) groups excluding carboxylic acids is 2. The van der Waals surface area contributed by atoms with Gasteiger partial charge in [-0.3, -0.25) is 13.9 Å². The van der Waals surface area contributed by atoms with E-state index in [-0.39, 0.29) is 23.3 Å². The summed E-state index contributed by atoms with van der Waals surface area (Å²) in [4.78, 5) is 28.7. The number of aryl methyl sites for hydroxylation is 2. The molecule has 0 aliphatic rings. The van der Waals surface area contributed by atoms with Crippen LogP contribution in [0.15, 0.2) is 76.1 Å². The number of halogens is 1. The van der Waals surface area contributed by atoms with Crippen molar-refractivity contribution >= 4 is 43.5 Å². The summed E-state index contributed by atoms with van der Waals surface area (Å²) in [5, 5.41) is 2.90. The summed E-state index contributed by atoms with van der Waals surface area (Å²) in [6.07, 6.45) is 0. The minimum atomic E-state index is -4.11. The summed E-state index contributed by atoms with van der Waals surface area (Å²) in [7, 11) is -4.11. The molecule has 1 N–H and O–H groups in total. The zero-order valence-electron chi connectivity index (χ0n) is 23.9. The molecule has 0 bridgehead atoms. The zero-order chi connectivity index (χ0) is 29.6. The molecule has 3 aromatic rings. The van der Waals surface area contributed by atoms with Crippen molar-refractivity contribution in [2.45, 2.75) is 59.0 Å². The van der Waals surface area contributed by atoms with E-state index in [1.165, 1.54) is 4.90 Å². The third-order valence-corrected chi connectivity index (χ3v) is 9.09. The average molecular weight is 629 g/mol. The minimum Gasteiger partial charge on any atom is -0.354 e. The summed E-state index contributed by atoms with van der Waals surface area (Å²) in [5.74, 6) is -0.537. The van der Waals surface area contributed by atoms with E-state index in [1.807, 2.05) is 65.0 Å². The fourth-order valence-corrected chi connectivity index (χ4v) is 6.14. The Bertz CT molecular complexity index is 1460. The van der Waals surface area contributed by atoms with Gasteiger partial charge in [-0.25, -0.2) is 8.42 Å². The fraction of sp³-hybridized carbons (Fsp3) is 0.355. The third kappa shape index (κ3) is 7.73. The molecule has 0 heterocycles. The predicted octanol–water partition coefficient (Wildman–Crippen LogP) is 5.76. The molecule has 0 saturated carbocycles. The Morgan fingerprint density at radius 1 is 0.925 bits per heavy atom. The molecule has 2 amide bonds. The first-order chi connectivity index (χ1) is 18.8. The molecule has 1 unspecified atom stereocenters. The number of benzene rings is 3. The van der Waals surface area contributed by atoms with Gasteiger partial charge in [0, 0.05) is 17.6 Å². The second kappa shape index (κ2) is 13.5. The zero-order valence-corrected chi connectivity index (χ0v) is 26.3. The molecule has 3 rings (SSSR count). The molecule has 0 saturated heterocycles. The number of anilines is 1. The minimum absolute atomic E-state index is 0.0908. The molecule has 0 radical (unpaired) electrons. The Morgan fingerprint density at radius 2 is 1.57 bits per heavy atom. The van der Waals surface area contributed by atoms with Gasteiger partial charge >= 0.3 is 0 Å². The molecule has 0 aliphatic carbocycles. The predicted molar refractivity (Wildman–Crippen MR) is 164 cm³/mol. The molecule has 214 valence electrons. The molecule has 0 spiro atoms. The van der Waals surface area contributed by atoms with E-state index in [0.29, 0.717) is 12.2 Å². The van der Waals surface area contributed by atoms with Crippen molar-refractivity contribution in [3.05, 3.63) is 93.5 Å². The topological polar surface area (TPSA) is 86.8 Å². The second-order valence-corrected chi connectivity index (χ2v) is 13.3. The van der Waals surface area contributed by atoms with Gasteiger partial charge in [-0.1, -0.05) is 71.7 Å². The maximum atomic E-state index is 14.1. The first kappa shape index (κ1) is 31.4. The van der Waals surface area contributed by atoms with Crippen molar-refractivity contribution in [1.29, 1.82) is 0 Å². The monoisotopic (exact) mass is 627 g/mol. The molecule has 0 aliphatic heterocycles. The van der Waals surface area contributed by atoms with E-state index < -0.39 is 28.5 Å². The number of nitrogens with one attached hydrogen (secondary N) is 1. The van der Waals surface area contributed by atoms with E-state index in [0.717, 1.165) is 31.0 Å². The van der Waals surface area contributed by atoms with Gasteiger partial charge in [0.25, 0.3) is 10.0 Å². The number of sulfonamides is 1. The molecule has 3 aromatic carbocycles. The van der Waals surface area contributed by atoms with Crippen LogP contribution in [0.2, 0.25) is 0 Å². The van der Waals surface area contributed by atoms with Crippen molar-refractivity contribution in [3.8, 4) is 0 Å². The maximum Gasteiger partial charge on any atom is 0.264 e. The lowest BCUT2D eigenvalue weighted by atomic mass is 10.1. The maximum absolute atomic E-state index is 14.1. The van der Waals surface area contributed by atoms with E-state index in [1.54, 1.807) is 43.3 Å². The van der Waals surface area contributed by atoms with Gasteiger partial charge in [-0.15, -0.1) is 0 Å². The summed E-state index contributed by atoms with van der Waals surface area (Å²) in [6, 6.07) is 18.6. The van der Waals surface area contributed by atoms with Gasteiger partial charge in [-0.2, -0.15) is 0 Å². The highest BCUT2D eigenvalue weighted by Gasteiger charge is 2.33. The normalized spacial score (nSPS) is 12.2. The molecule has 40 heavy (non-hydrogen) atoms. The first-order valence-corrected chi connectivity index (χ1v) is 15.5. The molecule has 7 nitrogen and oxygen atoms in total. The van der Waals surface area contributed by atoms with Gasteiger partial charge < -0.3 is 10.2 Å². The number of carbonyl (C=O) groups is 2. The quantitative estimate of drug-likeness (QED) is 0.293. The van der Waals surface area contributed by atoms with Crippen molar-refractivity contribution in [2.24, 2.45) is 5.92 Å². The van der Waals surface area contributed by atoms with E-state index in [9.17, 15) is 18.0 Å². The Balaban J connectivity index is 2.06. The molecule has 0 aromatic heterocycles. The van der Waals surface area contributed by atoms with Gasteiger partial charge in [0.05, 0.1) is 10.6 Å². The Morgan fingerprint density at radius 3 is 2.20 bits per heavy atom. The van der Waals surface area contributed by atoms with Crippen LogP contribution in [-0.2, 0) is 26.2 Å². The van der Waals surface area contributed by atoms with Gasteiger partial charge in [0.2, 0.25) is 11.8 Å². The number of amides is 2. The van der Waals surface area contributed by atoms with Gasteiger partial charge in [0.1, 0.15) is 12.6 Å². The second-order valence-electron chi connectivity index (χ2n) is 10.5. The fourth-order valence-electron chi connectivity index (χ4n) is 4.22. The summed E-state index contributed by atoms with van der Waals surface area (Å²) >= 11 is 3.47. The lowest BCUT2D eigenvalue weighted by Gasteiger charge is -2.32. The average Bonchev–Trinajstić information content (AvgIpc) is 2.90. The largest absolute Gasteiger partial charge is 0.354 e. The van der Waals surface area contributed by atoms with E-state index in [2.05, 4.69) is 21.2 Å². The van der Waals surface area contributed by atoms with Crippen molar-refractivity contribution in [2.75, 3.05) is 17.4 Å². The van der Waals surface area contributed by atoms with Crippen molar-refractivity contribution < 1.29 is 18.0 Å². The third-order valence-electron chi connectivity index (χ3n) is 6.83. The van der Waals surface area contributed by atoms with Crippen LogP contribution in [0.4, 0.5) is 5.69 Å². The molecular formula is C31H38BrN3O4S. The lowest BCUT2D eigenvalue weighted by Crippen LogP contribution is -2.51. The van der Waals surface area contributed by atoms with Crippen molar-refractivity contribution in [3.63, 3.8) is 0 Å². The highest BCUT2D eigenvalue weighted by Crippen LogP contribution is 2.29. The van der Waals surface area contributed by atoms with Gasteiger partial charge in [-0.05, 0) is 80.6 Å². The lowest BCUT2D eigenvalue weighted by molar-refractivity contribution is -0.139. The summed E-state index contributed by atoms with van der Waals surface area (Å²) in [6.45, 7) is 11.4. The van der Waals surface area contributed by atoms with Crippen LogP contribution in [-0.4, -0.2) is 44.3 Å².